The average molecular weight is 740 g/mol. The Kier molecular flexibility index (Phi) is 18.8. The number of nitrogens with one attached hydrogen (secondary N) is 5. The number of rotatable bonds is 23. The Balaban J connectivity index is 2.10. The minimum Gasteiger partial charge on any atom is -0.496 e. The number of allylic oxidation sites excluding steroid dienone is 1. The molecule has 0 aromatic carbocycles. The summed E-state index contributed by atoms with van der Waals surface area (Å²) >= 11 is 0. The summed E-state index contributed by atoms with van der Waals surface area (Å²) in [6, 6.07) is -4.76. The molecule has 1 aliphatic rings. The molecule has 1 saturated heterocycles. The summed E-state index contributed by atoms with van der Waals surface area (Å²) in [6.07, 6.45) is 8.52. The third kappa shape index (κ3) is 15.6. The Morgan fingerprint density at radius 2 is 1.82 bits per heavy atom. The molecule has 6 amide bonds. The van der Waals surface area contributed by atoms with Crippen LogP contribution in [0, 0.1) is 5.92 Å². The van der Waals surface area contributed by atoms with Crippen molar-refractivity contribution in [3.63, 3.8) is 0 Å². The van der Waals surface area contributed by atoms with Gasteiger partial charge in [0.25, 0.3) is 0 Å². The van der Waals surface area contributed by atoms with E-state index in [1.807, 2.05) is 20.8 Å². The van der Waals surface area contributed by atoms with Crippen LogP contribution >= 0.6 is 8.03 Å². The van der Waals surface area contributed by atoms with E-state index in [9.17, 15) is 38.4 Å². The summed E-state index contributed by atoms with van der Waals surface area (Å²) in [6.45, 7) is 6.18. The zero-order chi connectivity index (χ0) is 37.9. The van der Waals surface area contributed by atoms with Crippen LogP contribution in [0.15, 0.2) is 24.9 Å². The molecule has 6 unspecified atom stereocenters. The van der Waals surface area contributed by atoms with E-state index in [1.165, 1.54) is 30.6 Å². The van der Waals surface area contributed by atoms with Crippen molar-refractivity contribution in [1.82, 2.24) is 36.1 Å². The molecule has 284 valence electrons. The third-order valence-corrected chi connectivity index (χ3v) is 8.98. The fraction of sp³-hybridized carbons (Fsp3) is 0.656. The Hall–Kier alpha value is -4.41. The van der Waals surface area contributed by atoms with Gasteiger partial charge in [0.05, 0.1) is 32.3 Å². The maximum Gasteiger partial charge on any atom is 0.508 e. The topological polar surface area (TPSA) is 264 Å². The molecule has 18 nitrogen and oxygen atoms in total. The van der Waals surface area contributed by atoms with Crippen LogP contribution in [0.25, 0.3) is 0 Å². The van der Waals surface area contributed by atoms with Crippen molar-refractivity contribution in [3.8, 4) is 0 Å². The van der Waals surface area contributed by atoms with E-state index >= 15 is 0 Å². The summed E-state index contributed by atoms with van der Waals surface area (Å²) < 4.78 is 22.7. The van der Waals surface area contributed by atoms with Gasteiger partial charge in [0.2, 0.25) is 35.4 Å². The van der Waals surface area contributed by atoms with Crippen LogP contribution < -0.4 is 27.0 Å². The minimum absolute atomic E-state index is 0.0694. The highest BCUT2D eigenvalue weighted by atomic mass is 31.1. The smallest absolute Gasteiger partial charge is 0.496 e. The first-order chi connectivity index (χ1) is 24.2. The van der Waals surface area contributed by atoms with Crippen LogP contribution in [0.2, 0.25) is 0 Å². The van der Waals surface area contributed by atoms with E-state index in [4.69, 9.17) is 15.0 Å². The predicted molar refractivity (Wildman–Crippen MR) is 185 cm³/mol. The minimum atomic E-state index is -1.64. The highest BCUT2D eigenvalue weighted by Crippen LogP contribution is 2.24. The van der Waals surface area contributed by atoms with E-state index in [1.54, 1.807) is 6.08 Å². The number of aliphatic hydroxyl groups excluding tert-OH is 1. The fourth-order valence-corrected chi connectivity index (χ4v) is 6.00. The van der Waals surface area contributed by atoms with Crippen molar-refractivity contribution in [2.24, 2.45) is 11.7 Å². The summed E-state index contributed by atoms with van der Waals surface area (Å²) in [5, 5.41) is 19.7. The van der Waals surface area contributed by atoms with Crippen LogP contribution in [0.3, 0.4) is 0 Å². The van der Waals surface area contributed by atoms with Crippen molar-refractivity contribution in [1.29, 1.82) is 0 Å². The van der Waals surface area contributed by atoms with Gasteiger partial charge in [-0.3, -0.25) is 28.8 Å². The number of aliphatic hydroxyl groups is 1. The number of likely N-dealkylation sites (tertiary alicyclic amines) is 1. The van der Waals surface area contributed by atoms with Crippen molar-refractivity contribution in [3.05, 3.63) is 30.6 Å². The van der Waals surface area contributed by atoms with E-state index in [0.29, 0.717) is 31.3 Å². The van der Waals surface area contributed by atoms with Gasteiger partial charge in [-0.15, -0.1) is 4.52 Å². The number of hydrogen-bond donors (Lipinski definition) is 7. The lowest BCUT2D eigenvalue weighted by Gasteiger charge is -2.27. The van der Waals surface area contributed by atoms with Crippen LogP contribution in [-0.4, -0.2) is 118 Å². The van der Waals surface area contributed by atoms with Gasteiger partial charge in [0.1, 0.15) is 36.9 Å². The number of hydrogen-bond acceptors (Lipinski definition) is 11. The van der Waals surface area contributed by atoms with Gasteiger partial charge >= 0.3 is 8.03 Å². The van der Waals surface area contributed by atoms with Crippen LogP contribution in [0.5, 0.6) is 0 Å². The number of H-pyrrole nitrogens is 1. The number of imidazole rings is 1. The van der Waals surface area contributed by atoms with E-state index in [0.717, 1.165) is 6.42 Å². The van der Waals surface area contributed by atoms with Crippen molar-refractivity contribution >= 4 is 43.5 Å². The van der Waals surface area contributed by atoms with Gasteiger partial charge in [-0.25, -0.2) is 4.98 Å². The Labute approximate surface area is 298 Å². The number of ether oxygens (including phenoxy) is 1. The maximum atomic E-state index is 13.7. The van der Waals surface area contributed by atoms with E-state index in [-0.39, 0.29) is 37.6 Å². The van der Waals surface area contributed by atoms with E-state index in [2.05, 4.69) is 31.2 Å². The van der Waals surface area contributed by atoms with Gasteiger partial charge in [-0.2, -0.15) is 0 Å². The van der Waals surface area contributed by atoms with Gasteiger partial charge in [-0.05, 0) is 42.2 Å². The fourth-order valence-electron chi connectivity index (χ4n) is 5.17. The van der Waals surface area contributed by atoms with E-state index < -0.39 is 81.0 Å². The largest absolute Gasteiger partial charge is 0.508 e. The molecule has 0 bridgehead atoms. The molecule has 2 rings (SSSR count). The lowest BCUT2D eigenvalue weighted by Crippen LogP contribution is -2.59. The summed E-state index contributed by atoms with van der Waals surface area (Å²) in [7, 11) is -1.64. The van der Waals surface area contributed by atoms with Crippen molar-refractivity contribution in [2.75, 3.05) is 32.5 Å². The van der Waals surface area contributed by atoms with Gasteiger partial charge in [0.15, 0.2) is 6.16 Å². The molecule has 8 N–H and O–H groups in total. The second-order valence-electron chi connectivity index (χ2n) is 12.5. The van der Waals surface area contributed by atoms with Gasteiger partial charge in [-0.1, -0.05) is 20.8 Å². The van der Waals surface area contributed by atoms with Crippen LogP contribution in [0.1, 0.15) is 65.5 Å². The molecule has 2 heterocycles. The van der Waals surface area contributed by atoms with Crippen molar-refractivity contribution in [2.45, 2.75) is 96.5 Å². The summed E-state index contributed by atoms with van der Waals surface area (Å²) in [5.41, 5.74) is 5.52. The molecule has 51 heavy (non-hydrogen) atoms. The lowest BCUT2D eigenvalue weighted by molar-refractivity contribution is -0.138. The molecular formula is C32H52N8O10P+. The molecule has 1 aromatic rings. The molecule has 19 heteroatoms. The number of aromatic amines is 1. The molecule has 6 atom stereocenters. The number of carbonyl (C=O) groups excluding carboxylic acids is 6. The number of amides is 6. The zero-order valence-electron chi connectivity index (χ0n) is 29.6. The molecule has 1 aliphatic heterocycles. The number of nitrogens with zero attached hydrogens (tertiary/aromatic N) is 2. The lowest BCUT2D eigenvalue weighted by atomic mass is 10.0. The zero-order valence-corrected chi connectivity index (χ0v) is 30.5. The molecule has 0 radical (unpaired) electrons. The first-order valence-electron chi connectivity index (χ1n) is 17.0. The first kappa shape index (κ1) is 42.8. The number of carbonyl (C=O) groups is 6. The van der Waals surface area contributed by atoms with Crippen LogP contribution in [-0.2, 0) is 49.0 Å². The molecular weight excluding hydrogens is 687 g/mol. The Morgan fingerprint density at radius 1 is 1.12 bits per heavy atom. The summed E-state index contributed by atoms with van der Waals surface area (Å²) in [4.78, 5) is 84.7. The monoisotopic (exact) mass is 739 g/mol. The standard InChI is InChI=1S/C32H51N8O10P/c1-5-11-51(48)50-10-8-6-7-9-49-23-14-27(40(17-23)21(4)42)32(47)38-24(12-20(2)3)30(45)37-25(13-22-15-34-19-36-22)31(46)39-26(18-41)29(44)35-16-28(33)43/h7,9,15,19-20,23-27,41H,5-6,8,10-14,16-18H2,1-4H3,(H6-,33,34,35,36,37,38,39,43,44,45,46,47)/p+1. The Morgan fingerprint density at radius 3 is 2.43 bits per heavy atom. The highest BCUT2D eigenvalue weighted by Gasteiger charge is 2.40. The normalized spacial score (nSPS) is 17.8. The number of primary amides is 1. The SMILES string of the molecule is CCC[P+](=O)OCCCC=COC1CC(C(=O)NC(CC(C)C)C(=O)NC(Cc2cnc[nH]2)C(=O)NC(CO)C(=O)NCC(N)=O)N(C(C)=O)C1. The Bertz CT molecular complexity index is 1360. The number of nitrogens with two attached hydrogens (primary N) is 1. The van der Waals surface area contributed by atoms with Gasteiger partial charge < -0.3 is 46.7 Å². The highest BCUT2D eigenvalue weighted by molar-refractivity contribution is 7.39. The predicted octanol–water partition coefficient (Wildman–Crippen LogP) is -0.485. The third-order valence-electron chi connectivity index (χ3n) is 7.70. The molecule has 0 spiro atoms. The molecule has 0 aliphatic carbocycles. The number of unbranched alkanes of at least 4 members (excludes halogenated alkanes) is 1. The molecule has 1 aromatic heterocycles. The second-order valence-corrected chi connectivity index (χ2v) is 13.9. The molecule has 1 fully saturated rings. The number of aromatic nitrogens is 2. The molecule has 0 saturated carbocycles. The van der Waals surface area contributed by atoms with Crippen LogP contribution in [0.4, 0.5) is 0 Å². The van der Waals surface area contributed by atoms with Crippen molar-refractivity contribution < 1.29 is 47.7 Å². The van der Waals surface area contributed by atoms with Gasteiger partial charge in [0, 0.05) is 31.7 Å². The first-order valence-corrected chi connectivity index (χ1v) is 18.3. The summed E-state index contributed by atoms with van der Waals surface area (Å²) in [5.74, 6) is -4.19. The quantitative estimate of drug-likeness (QED) is 0.0428. The maximum absolute atomic E-state index is 13.7. The average Bonchev–Trinajstić information content (AvgIpc) is 3.75. The second kappa shape index (κ2) is 22.4.